The van der Waals surface area contributed by atoms with Crippen LogP contribution in [0.3, 0.4) is 0 Å². The number of methoxy groups -OCH3 is 4. The van der Waals surface area contributed by atoms with Gasteiger partial charge in [0.1, 0.15) is 11.4 Å². The van der Waals surface area contributed by atoms with Gasteiger partial charge in [0.15, 0.2) is 22.9 Å². The molecule has 8 heteroatoms. The number of carbonyl (C=O) groups is 1. The van der Waals surface area contributed by atoms with Crippen LogP contribution in [0.15, 0.2) is 28.7 Å². The molecule has 0 unspecified atom stereocenters. The summed E-state index contributed by atoms with van der Waals surface area (Å²) in [6.07, 6.45) is 0. The molecule has 3 rings (SSSR count). The molecule has 0 aliphatic carbocycles. The van der Waals surface area contributed by atoms with Crippen molar-refractivity contribution < 1.29 is 28.2 Å². The third-order valence-electron chi connectivity index (χ3n) is 4.62. The molecule has 1 heterocycles. The zero-order chi connectivity index (χ0) is 21.3. The Kier molecular flexibility index (Phi) is 5.45. The lowest BCUT2D eigenvalue weighted by atomic mass is 10.00. The van der Waals surface area contributed by atoms with E-state index in [1.807, 2.05) is 0 Å². The average Bonchev–Trinajstić information content (AvgIpc) is 3.13. The lowest BCUT2D eigenvalue weighted by Crippen LogP contribution is -2.13. The summed E-state index contributed by atoms with van der Waals surface area (Å²) in [5.41, 5.74) is 7.64. The number of nitrogens with two attached hydrogens (primary N) is 1. The molecule has 0 fully saturated rings. The first-order chi connectivity index (χ1) is 13.9. The van der Waals surface area contributed by atoms with Crippen LogP contribution in [0.1, 0.15) is 15.9 Å². The first-order valence-electron chi connectivity index (χ1n) is 8.78. The molecule has 3 aromatic rings. The standard InChI is InChI=1S/C21H24N2O6/c1-23(2)21-16(12-7-8-13(25-3)17(22)19(12)29-21)18(24)11-9-14(26-4)20(28-6)15(10-11)27-5/h7-10H,22H2,1-6H3. The van der Waals surface area contributed by atoms with Crippen molar-refractivity contribution in [1.82, 2.24) is 0 Å². The first kappa shape index (κ1) is 20.2. The van der Waals surface area contributed by atoms with Crippen molar-refractivity contribution >= 4 is 28.3 Å². The molecule has 0 bridgehead atoms. The summed E-state index contributed by atoms with van der Waals surface area (Å²) in [5.74, 6) is 1.77. The minimum atomic E-state index is -0.267. The van der Waals surface area contributed by atoms with Crippen molar-refractivity contribution in [2.24, 2.45) is 0 Å². The molecule has 0 spiro atoms. The Bertz CT molecular complexity index is 1050. The summed E-state index contributed by atoms with van der Waals surface area (Å²) in [4.78, 5) is 15.3. The van der Waals surface area contributed by atoms with Gasteiger partial charge in [-0.25, -0.2) is 0 Å². The lowest BCUT2D eigenvalue weighted by molar-refractivity contribution is 0.103. The molecule has 1 aromatic heterocycles. The van der Waals surface area contributed by atoms with E-state index in [2.05, 4.69) is 0 Å². The number of carbonyl (C=O) groups excluding carboxylic acids is 1. The summed E-state index contributed by atoms with van der Waals surface area (Å²) >= 11 is 0. The topological polar surface area (TPSA) is 96.4 Å². The number of nitrogens with zero attached hydrogens (tertiary/aromatic N) is 1. The smallest absolute Gasteiger partial charge is 0.207 e. The third kappa shape index (κ3) is 3.26. The predicted molar refractivity (Wildman–Crippen MR) is 111 cm³/mol. The molecule has 0 saturated carbocycles. The summed E-state index contributed by atoms with van der Waals surface area (Å²) in [5, 5.41) is 0.589. The monoisotopic (exact) mass is 400 g/mol. The van der Waals surface area contributed by atoms with Crippen LogP contribution < -0.4 is 29.6 Å². The van der Waals surface area contributed by atoms with Gasteiger partial charge in [-0.15, -0.1) is 0 Å². The van der Waals surface area contributed by atoms with Crippen molar-refractivity contribution in [3.8, 4) is 23.0 Å². The fraction of sp³-hybridized carbons (Fsp3) is 0.286. The van der Waals surface area contributed by atoms with E-state index in [4.69, 9.17) is 29.1 Å². The van der Waals surface area contributed by atoms with Gasteiger partial charge in [-0.05, 0) is 24.3 Å². The molecule has 0 radical (unpaired) electrons. The van der Waals surface area contributed by atoms with Crippen LogP contribution in [0.2, 0.25) is 0 Å². The largest absolute Gasteiger partial charge is 0.494 e. The van der Waals surface area contributed by atoms with E-state index in [0.717, 1.165) is 0 Å². The van der Waals surface area contributed by atoms with Crippen LogP contribution in [0.5, 0.6) is 23.0 Å². The fourth-order valence-electron chi connectivity index (χ4n) is 3.22. The van der Waals surface area contributed by atoms with Crippen LogP contribution >= 0.6 is 0 Å². The van der Waals surface area contributed by atoms with Crippen molar-refractivity contribution in [3.63, 3.8) is 0 Å². The summed E-state index contributed by atoms with van der Waals surface area (Å²) in [6, 6.07) is 6.68. The molecule has 2 aromatic carbocycles. The van der Waals surface area contributed by atoms with E-state index < -0.39 is 0 Å². The molecule has 2 N–H and O–H groups in total. The summed E-state index contributed by atoms with van der Waals surface area (Å²) < 4.78 is 27.3. The predicted octanol–water partition coefficient (Wildman–Crippen LogP) is 3.35. The number of rotatable bonds is 7. The van der Waals surface area contributed by atoms with Crippen LogP contribution in [0.25, 0.3) is 11.0 Å². The molecule has 29 heavy (non-hydrogen) atoms. The van der Waals surface area contributed by atoms with Gasteiger partial charge in [0, 0.05) is 25.0 Å². The van der Waals surface area contributed by atoms with Crippen molar-refractivity contribution in [2.45, 2.75) is 0 Å². The first-order valence-corrected chi connectivity index (χ1v) is 8.78. The van der Waals surface area contributed by atoms with Crippen LogP contribution in [-0.2, 0) is 0 Å². The highest BCUT2D eigenvalue weighted by molar-refractivity contribution is 6.20. The van der Waals surface area contributed by atoms with Crippen molar-refractivity contribution in [1.29, 1.82) is 0 Å². The molecule has 8 nitrogen and oxygen atoms in total. The van der Waals surface area contributed by atoms with E-state index in [0.29, 0.717) is 56.7 Å². The van der Waals surface area contributed by atoms with Crippen LogP contribution in [-0.4, -0.2) is 48.3 Å². The Balaban J connectivity index is 2.26. The quantitative estimate of drug-likeness (QED) is 0.476. The second-order valence-electron chi connectivity index (χ2n) is 6.48. The van der Waals surface area contributed by atoms with E-state index in [9.17, 15) is 4.79 Å². The Morgan fingerprint density at radius 1 is 0.931 bits per heavy atom. The highest BCUT2D eigenvalue weighted by atomic mass is 16.5. The van der Waals surface area contributed by atoms with E-state index in [-0.39, 0.29) is 5.78 Å². The summed E-state index contributed by atoms with van der Waals surface area (Å²) in [6.45, 7) is 0. The number of benzene rings is 2. The SMILES string of the molecule is COc1cc(C(=O)c2c(N(C)C)oc3c(N)c(OC)ccc23)cc(OC)c1OC. The maximum atomic E-state index is 13.5. The van der Waals surface area contributed by atoms with Crippen molar-refractivity contribution in [2.75, 3.05) is 53.2 Å². The second-order valence-corrected chi connectivity index (χ2v) is 6.48. The van der Waals surface area contributed by atoms with Gasteiger partial charge in [0.25, 0.3) is 0 Å². The Morgan fingerprint density at radius 2 is 1.52 bits per heavy atom. The fourth-order valence-corrected chi connectivity index (χ4v) is 3.22. The van der Waals surface area contributed by atoms with Crippen LogP contribution in [0.4, 0.5) is 11.6 Å². The maximum absolute atomic E-state index is 13.5. The highest BCUT2D eigenvalue weighted by Crippen LogP contribution is 2.42. The molecule has 0 aliphatic heterocycles. The highest BCUT2D eigenvalue weighted by Gasteiger charge is 2.27. The molecule has 0 atom stereocenters. The van der Waals surface area contributed by atoms with Gasteiger partial charge in [-0.3, -0.25) is 4.79 Å². The zero-order valence-corrected chi connectivity index (χ0v) is 17.3. The number of nitrogen functional groups attached to an aromatic ring is 1. The second kappa shape index (κ2) is 7.83. The van der Waals surface area contributed by atoms with E-state index in [1.54, 1.807) is 43.3 Å². The minimum absolute atomic E-state index is 0.267. The normalized spacial score (nSPS) is 10.7. The maximum Gasteiger partial charge on any atom is 0.207 e. The Labute approximate surface area is 168 Å². The summed E-state index contributed by atoms with van der Waals surface area (Å²) in [7, 11) is 9.60. The van der Waals surface area contributed by atoms with Gasteiger partial charge in [-0.1, -0.05) is 0 Å². The average molecular weight is 400 g/mol. The third-order valence-corrected chi connectivity index (χ3v) is 4.62. The van der Waals surface area contributed by atoms with Gasteiger partial charge in [0.2, 0.25) is 11.6 Å². The van der Waals surface area contributed by atoms with Gasteiger partial charge < -0.3 is 34.0 Å². The number of ketones is 1. The van der Waals surface area contributed by atoms with E-state index in [1.165, 1.54) is 28.4 Å². The molecular formula is C21H24N2O6. The Morgan fingerprint density at radius 3 is 2.00 bits per heavy atom. The molecular weight excluding hydrogens is 376 g/mol. The lowest BCUT2D eigenvalue weighted by Gasteiger charge is -2.15. The zero-order valence-electron chi connectivity index (χ0n) is 17.3. The number of hydrogen-bond acceptors (Lipinski definition) is 8. The number of furan rings is 1. The van der Waals surface area contributed by atoms with Gasteiger partial charge >= 0.3 is 0 Å². The minimum Gasteiger partial charge on any atom is -0.494 e. The number of hydrogen-bond donors (Lipinski definition) is 1. The molecule has 0 amide bonds. The van der Waals surface area contributed by atoms with Gasteiger partial charge in [-0.2, -0.15) is 0 Å². The number of ether oxygens (including phenoxy) is 4. The molecule has 154 valence electrons. The number of anilines is 2. The molecule has 0 saturated heterocycles. The van der Waals surface area contributed by atoms with Crippen LogP contribution in [0, 0.1) is 0 Å². The van der Waals surface area contributed by atoms with Crippen molar-refractivity contribution in [3.05, 3.63) is 35.4 Å². The van der Waals surface area contributed by atoms with Gasteiger partial charge in [0.05, 0.1) is 34.0 Å². The Hall–Kier alpha value is -3.55. The van der Waals surface area contributed by atoms with E-state index >= 15 is 0 Å². The molecule has 0 aliphatic rings. The number of fused-ring (bicyclic) bond motifs is 1.